The molecule has 3 N–H and O–H groups in total. The second kappa shape index (κ2) is 11.8. The molecule has 0 aromatic heterocycles. The molecule has 0 saturated heterocycles. The molecule has 2 aromatic carbocycles. The van der Waals surface area contributed by atoms with Crippen LogP contribution in [-0.4, -0.2) is 32.3 Å². The van der Waals surface area contributed by atoms with E-state index in [9.17, 15) is 10.1 Å². The summed E-state index contributed by atoms with van der Waals surface area (Å²) >= 11 is 0. The first-order chi connectivity index (χ1) is 15.7. The Kier molecular flexibility index (Phi) is 9.10. The number of nitrogens with zero attached hydrogens (tertiary/aromatic N) is 2. The molecule has 176 valence electrons. The van der Waals surface area contributed by atoms with Crippen molar-refractivity contribution >= 4 is 17.6 Å². The van der Waals surface area contributed by atoms with Gasteiger partial charge in [-0.2, -0.15) is 5.26 Å². The molecule has 0 bridgehead atoms. The van der Waals surface area contributed by atoms with E-state index in [1.807, 2.05) is 76.4 Å². The molecule has 2 aromatic rings. The molecule has 8 nitrogen and oxygen atoms in total. The van der Waals surface area contributed by atoms with Crippen molar-refractivity contribution < 1.29 is 14.3 Å². The van der Waals surface area contributed by atoms with Crippen LogP contribution in [0.4, 0.5) is 5.69 Å². The zero-order chi connectivity index (χ0) is 24.4. The minimum atomic E-state index is -0.553. The highest BCUT2D eigenvalue weighted by molar-refractivity contribution is 5.95. The average Bonchev–Trinajstić information content (AvgIpc) is 2.78. The van der Waals surface area contributed by atoms with Crippen molar-refractivity contribution in [2.24, 2.45) is 10.4 Å². The number of nitriles is 1. The lowest BCUT2D eigenvalue weighted by molar-refractivity contribution is -0.122. The van der Waals surface area contributed by atoms with Crippen LogP contribution < -0.4 is 25.4 Å². The summed E-state index contributed by atoms with van der Waals surface area (Å²) in [5.41, 5.74) is 2.42. The number of para-hydroxylation sites is 1. The number of aryl methyl sites for hydroxylation is 2. The van der Waals surface area contributed by atoms with E-state index < -0.39 is 6.17 Å². The summed E-state index contributed by atoms with van der Waals surface area (Å²) in [6.07, 6.45) is 2.17. The van der Waals surface area contributed by atoms with Crippen LogP contribution >= 0.6 is 0 Å². The van der Waals surface area contributed by atoms with E-state index in [1.165, 1.54) is 0 Å². The monoisotopic (exact) mass is 451 g/mol. The zero-order valence-electron chi connectivity index (χ0n) is 20.2. The molecule has 0 radical (unpaired) electrons. The van der Waals surface area contributed by atoms with Gasteiger partial charge in [0.2, 0.25) is 11.9 Å². The third-order valence-electron chi connectivity index (χ3n) is 5.04. The number of ether oxygens (including phenoxy) is 2. The molecule has 0 spiro atoms. The van der Waals surface area contributed by atoms with Crippen molar-refractivity contribution in [2.45, 2.75) is 46.7 Å². The predicted molar refractivity (Wildman–Crippen MR) is 130 cm³/mol. The number of guanidine groups is 1. The van der Waals surface area contributed by atoms with Crippen molar-refractivity contribution in [3.05, 3.63) is 53.6 Å². The second-order valence-electron chi connectivity index (χ2n) is 8.68. The standard InChI is InChI=1S/C25H33N5O3/c1-17-9-7-8-10-19(17)28-24(27-16-26)30-23(25(2,3)4)29-22(31)14-12-18-11-13-20(32-5)21(15-18)33-6/h7-11,13,15,23H,12,14H2,1-6H3,(H,29,31)(H2,27,28,30). The Balaban J connectivity index is 2.13. The summed E-state index contributed by atoms with van der Waals surface area (Å²) in [6.45, 7) is 7.90. The van der Waals surface area contributed by atoms with Gasteiger partial charge >= 0.3 is 0 Å². The summed E-state index contributed by atoms with van der Waals surface area (Å²) in [5, 5.41) is 17.9. The highest BCUT2D eigenvalue weighted by atomic mass is 16.5. The van der Waals surface area contributed by atoms with Gasteiger partial charge in [0.1, 0.15) is 6.17 Å². The highest BCUT2D eigenvalue weighted by Gasteiger charge is 2.26. The summed E-state index contributed by atoms with van der Waals surface area (Å²) in [4.78, 5) is 17.4. The van der Waals surface area contributed by atoms with Crippen molar-refractivity contribution in [1.29, 1.82) is 5.26 Å². The minimum absolute atomic E-state index is 0.138. The second-order valence-corrected chi connectivity index (χ2v) is 8.68. The van der Waals surface area contributed by atoms with E-state index in [0.717, 1.165) is 16.8 Å². The first-order valence-electron chi connectivity index (χ1n) is 10.7. The molecule has 0 aliphatic carbocycles. The fourth-order valence-corrected chi connectivity index (χ4v) is 3.08. The van der Waals surface area contributed by atoms with E-state index in [-0.39, 0.29) is 23.7 Å². The normalized spacial score (nSPS) is 12.3. The molecule has 1 unspecified atom stereocenters. The maximum absolute atomic E-state index is 12.8. The molecule has 0 fully saturated rings. The molecule has 1 amide bonds. The number of amides is 1. The lowest BCUT2D eigenvalue weighted by Crippen LogP contribution is -2.44. The molecule has 1 atom stereocenters. The molecule has 8 heteroatoms. The minimum Gasteiger partial charge on any atom is -0.493 e. The summed E-state index contributed by atoms with van der Waals surface area (Å²) < 4.78 is 10.6. The van der Waals surface area contributed by atoms with E-state index in [4.69, 9.17) is 9.47 Å². The number of carbonyl (C=O) groups excluding carboxylic acids is 1. The number of rotatable bonds is 8. The van der Waals surface area contributed by atoms with Crippen molar-refractivity contribution in [2.75, 3.05) is 19.5 Å². The topological polar surface area (TPSA) is 108 Å². The molecule has 0 aliphatic heterocycles. The molecule has 0 aliphatic rings. The number of methoxy groups -OCH3 is 2. The van der Waals surface area contributed by atoms with Crippen LogP contribution in [0.5, 0.6) is 11.5 Å². The number of benzene rings is 2. The fourth-order valence-electron chi connectivity index (χ4n) is 3.08. The molecule has 2 rings (SSSR count). The quantitative estimate of drug-likeness (QED) is 0.243. The number of carbonyl (C=O) groups is 1. The molecular formula is C25H33N5O3. The van der Waals surface area contributed by atoms with Gasteiger partial charge < -0.3 is 20.1 Å². The summed E-state index contributed by atoms with van der Waals surface area (Å²) in [6, 6.07) is 13.3. The Bertz CT molecular complexity index is 1020. The first-order valence-corrected chi connectivity index (χ1v) is 10.7. The first kappa shape index (κ1) is 25.5. The van der Waals surface area contributed by atoms with Crippen LogP contribution in [0.1, 0.15) is 38.3 Å². The van der Waals surface area contributed by atoms with Crippen LogP contribution in [0.15, 0.2) is 47.5 Å². The van der Waals surface area contributed by atoms with Crippen LogP contribution in [0.25, 0.3) is 0 Å². The van der Waals surface area contributed by atoms with Crippen molar-refractivity contribution in [3.8, 4) is 17.7 Å². The number of aliphatic imine (C=N–C) groups is 1. The Morgan fingerprint density at radius 1 is 1.12 bits per heavy atom. The number of hydrogen-bond donors (Lipinski definition) is 3. The Morgan fingerprint density at radius 2 is 1.82 bits per heavy atom. The van der Waals surface area contributed by atoms with Gasteiger partial charge in [-0.1, -0.05) is 45.0 Å². The van der Waals surface area contributed by atoms with Gasteiger partial charge in [0.05, 0.1) is 14.2 Å². The summed E-state index contributed by atoms with van der Waals surface area (Å²) in [5.74, 6) is 1.40. The van der Waals surface area contributed by atoms with E-state index >= 15 is 0 Å². The van der Waals surface area contributed by atoms with Crippen LogP contribution in [0, 0.1) is 23.8 Å². The Morgan fingerprint density at radius 3 is 2.42 bits per heavy atom. The van der Waals surface area contributed by atoms with Gasteiger partial charge in [0, 0.05) is 17.5 Å². The maximum atomic E-state index is 12.8. The lowest BCUT2D eigenvalue weighted by atomic mass is 9.92. The van der Waals surface area contributed by atoms with Crippen LogP contribution in [0.2, 0.25) is 0 Å². The van der Waals surface area contributed by atoms with Gasteiger partial charge in [-0.3, -0.25) is 10.1 Å². The van der Waals surface area contributed by atoms with Gasteiger partial charge in [-0.25, -0.2) is 4.99 Å². The SMILES string of the molecule is COc1ccc(CCC(=O)NC(N=C(NC#N)Nc2ccccc2C)C(C)(C)C)cc1OC. The van der Waals surface area contributed by atoms with E-state index in [0.29, 0.717) is 17.9 Å². The lowest BCUT2D eigenvalue weighted by Gasteiger charge is -2.29. The third kappa shape index (κ3) is 7.72. The van der Waals surface area contributed by atoms with Crippen molar-refractivity contribution in [1.82, 2.24) is 10.6 Å². The van der Waals surface area contributed by atoms with E-state index in [2.05, 4.69) is 20.9 Å². The number of anilines is 1. The zero-order valence-corrected chi connectivity index (χ0v) is 20.2. The smallest absolute Gasteiger partial charge is 0.221 e. The number of hydrogen-bond acceptors (Lipinski definition) is 5. The van der Waals surface area contributed by atoms with Gasteiger partial charge in [-0.15, -0.1) is 0 Å². The molecule has 33 heavy (non-hydrogen) atoms. The van der Waals surface area contributed by atoms with E-state index in [1.54, 1.807) is 14.2 Å². The number of nitrogens with one attached hydrogen (secondary N) is 3. The van der Waals surface area contributed by atoms with Crippen LogP contribution in [-0.2, 0) is 11.2 Å². The van der Waals surface area contributed by atoms with Crippen LogP contribution in [0.3, 0.4) is 0 Å². The van der Waals surface area contributed by atoms with Crippen molar-refractivity contribution in [3.63, 3.8) is 0 Å². The highest BCUT2D eigenvalue weighted by Crippen LogP contribution is 2.28. The average molecular weight is 452 g/mol. The molecule has 0 heterocycles. The maximum Gasteiger partial charge on any atom is 0.221 e. The third-order valence-corrected chi connectivity index (χ3v) is 5.04. The molecular weight excluding hydrogens is 418 g/mol. The predicted octanol–water partition coefficient (Wildman–Crippen LogP) is 3.97. The summed E-state index contributed by atoms with van der Waals surface area (Å²) in [7, 11) is 3.17. The Labute approximate surface area is 196 Å². The van der Waals surface area contributed by atoms with Gasteiger partial charge in [-0.05, 0) is 42.7 Å². The van der Waals surface area contributed by atoms with Gasteiger partial charge in [0.15, 0.2) is 17.7 Å². The van der Waals surface area contributed by atoms with Gasteiger partial charge in [0.25, 0.3) is 0 Å². The largest absolute Gasteiger partial charge is 0.493 e. The fraction of sp³-hybridized carbons (Fsp3) is 0.400. The Hall–Kier alpha value is -3.73. The molecule has 0 saturated carbocycles.